The maximum atomic E-state index is 13.4. The Kier molecular flexibility index (Phi) is 12.8. The summed E-state index contributed by atoms with van der Waals surface area (Å²) >= 11 is 0. The Morgan fingerprint density at radius 1 is 1.13 bits per heavy atom. The van der Waals surface area contributed by atoms with Gasteiger partial charge in [0.25, 0.3) is 0 Å². The summed E-state index contributed by atoms with van der Waals surface area (Å²) in [5.74, 6) is 2.31. The van der Waals surface area contributed by atoms with Crippen LogP contribution < -0.4 is 27.2 Å². The minimum Gasteiger partial charge on any atom is -0.394 e. The zero-order valence-corrected chi connectivity index (χ0v) is 22.6. The summed E-state index contributed by atoms with van der Waals surface area (Å²) < 4.78 is 0. The second kappa shape index (κ2) is 15.8. The maximum absolute atomic E-state index is 13.4. The van der Waals surface area contributed by atoms with Crippen LogP contribution >= 0.6 is 0 Å². The molecular formula is C24H40N8O7. The van der Waals surface area contributed by atoms with E-state index in [0.29, 0.717) is 25.1 Å². The smallest absolute Gasteiger partial charge is 0.245 e. The Hall–Kier alpha value is -3.56. The summed E-state index contributed by atoms with van der Waals surface area (Å²) in [7, 11) is 0. The summed E-state index contributed by atoms with van der Waals surface area (Å²) in [4.78, 5) is 76.5. The van der Waals surface area contributed by atoms with Crippen molar-refractivity contribution in [3.05, 3.63) is 18.2 Å². The topological polar surface area (TPSA) is 221 Å². The predicted molar refractivity (Wildman–Crippen MR) is 138 cm³/mol. The molecule has 0 saturated carbocycles. The zero-order chi connectivity index (χ0) is 28.9. The fourth-order valence-electron chi connectivity index (χ4n) is 4.31. The molecule has 1 aromatic rings. The van der Waals surface area contributed by atoms with Crippen LogP contribution in [0, 0.1) is 5.92 Å². The zero-order valence-electron chi connectivity index (χ0n) is 22.6. The van der Waals surface area contributed by atoms with Gasteiger partial charge < -0.3 is 41.1 Å². The molecule has 0 spiro atoms. The van der Waals surface area contributed by atoms with Crippen LogP contribution in [-0.2, 0) is 35.2 Å². The number of hydrogen-bond donors (Lipinski definition) is 7. The highest BCUT2D eigenvalue weighted by molar-refractivity contribution is 5.95. The summed E-state index contributed by atoms with van der Waals surface area (Å²) in [5.41, 5.74) is 0.535. The van der Waals surface area contributed by atoms with Crippen LogP contribution in [0.2, 0.25) is 0 Å². The van der Waals surface area contributed by atoms with E-state index in [0.717, 1.165) is 0 Å². The Balaban J connectivity index is 2.16. The van der Waals surface area contributed by atoms with Gasteiger partial charge in [-0.05, 0) is 25.2 Å². The number of imidazole rings is 1. The molecule has 218 valence electrons. The third-order valence-corrected chi connectivity index (χ3v) is 6.25. The largest absolute Gasteiger partial charge is 0.394 e. The fourth-order valence-corrected chi connectivity index (χ4v) is 4.31. The van der Waals surface area contributed by atoms with Gasteiger partial charge in [-0.2, -0.15) is 0 Å². The van der Waals surface area contributed by atoms with Crippen molar-refractivity contribution < 1.29 is 33.9 Å². The van der Waals surface area contributed by atoms with E-state index in [9.17, 15) is 29.1 Å². The minimum atomic E-state index is -1.29. The summed E-state index contributed by atoms with van der Waals surface area (Å²) in [6.07, 6.45) is 4.37. The Labute approximate surface area is 226 Å². The lowest BCUT2D eigenvalue weighted by atomic mass is 10.0. The SMILES string of the molecule is CC(=O)N1CCC[C@H]1C(=O)N[C@@H](CC(C)C)C(=O)N[C@@H](Cc1cnc[nH]1)C(=O)N[C@@H](CO)C(=O)NCCON. The lowest BCUT2D eigenvalue weighted by Crippen LogP contribution is -2.59. The van der Waals surface area contributed by atoms with Crippen molar-refractivity contribution in [2.24, 2.45) is 11.8 Å². The number of aromatic amines is 1. The highest BCUT2D eigenvalue weighted by Crippen LogP contribution is 2.18. The van der Waals surface area contributed by atoms with Crippen LogP contribution in [0.5, 0.6) is 0 Å². The van der Waals surface area contributed by atoms with Gasteiger partial charge in [0.15, 0.2) is 0 Å². The van der Waals surface area contributed by atoms with Gasteiger partial charge in [0, 0.05) is 38.3 Å². The van der Waals surface area contributed by atoms with Crippen molar-refractivity contribution in [2.75, 3.05) is 26.3 Å². The van der Waals surface area contributed by atoms with Crippen molar-refractivity contribution in [3.63, 3.8) is 0 Å². The van der Waals surface area contributed by atoms with Gasteiger partial charge in [-0.15, -0.1) is 0 Å². The number of carbonyl (C=O) groups is 5. The molecule has 1 aliphatic heterocycles. The minimum absolute atomic E-state index is 0.00143. The molecule has 5 amide bonds. The first kappa shape index (κ1) is 31.7. The van der Waals surface area contributed by atoms with Crippen molar-refractivity contribution in [2.45, 2.75) is 70.6 Å². The summed E-state index contributed by atoms with van der Waals surface area (Å²) in [6.45, 7) is 5.05. The van der Waals surface area contributed by atoms with Gasteiger partial charge >= 0.3 is 0 Å². The van der Waals surface area contributed by atoms with Crippen LogP contribution in [-0.4, -0.2) is 100.0 Å². The van der Waals surface area contributed by atoms with Gasteiger partial charge in [0.05, 0.1) is 19.5 Å². The molecule has 1 saturated heterocycles. The van der Waals surface area contributed by atoms with E-state index in [1.165, 1.54) is 24.3 Å². The standard InChI is InChI=1S/C24H40N8O7/c1-14(2)9-17(30-24(38)20-5-4-7-32(20)15(3)34)22(36)29-18(10-16-11-26-13-28-16)23(37)31-19(12-33)21(35)27-6-8-39-25/h11,13-14,17-20,33H,4-10,12,25H2,1-3H3,(H,26,28)(H,27,35)(H,29,36)(H,30,38)(H,31,37)/t17-,18-,19-,20-/m0/s1. The molecule has 39 heavy (non-hydrogen) atoms. The molecule has 0 radical (unpaired) electrons. The third-order valence-electron chi connectivity index (χ3n) is 6.25. The van der Waals surface area contributed by atoms with E-state index < -0.39 is 54.4 Å². The van der Waals surface area contributed by atoms with Crippen LogP contribution in [0.15, 0.2) is 12.5 Å². The van der Waals surface area contributed by atoms with E-state index >= 15 is 0 Å². The predicted octanol–water partition coefficient (Wildman–Crippen LogP) is -2.54. The Morgan fingerprint density at radius 2 is 1.82 bits per heavy atom. The number of aliphatic hydroxyl groups excluding tert-OH is 1. The van der Waals surface area contributed by atoms with E-state index in [-0.39, 0.29) is 37.8 Å². The van der Waals surface area contributed by atoms with E-state index in [1.807, 2.05) is 13.8 Å². The molecule has 2 rings (SSSR count). The number of nitrogens with one attached hydrogen (secondary N) is 5. The molecule has 0 aliphatic carbocycles. The molecule has 0 bridgehead atoms. The lowest BCUT2D eigenvalue weighted by Gasteiger charge is -2.28. The Morgan fingerprint density at radius 3 is 2.41 bits per heavy atom. The number of aliphatic hydroxyl groups is 1. The molecule has 1 aromatic heterocycles. The highest BCUT2D eigenvalue weighted by atomic mass is 16.6. The van der Waals surface area contributed by atoms with Crippen molar-refractivity contribution in [1.82, 2.24) is 36.1 Å². The van der Waals surface area contributed by atoms with Crippen molar-refractivity contribution >= 4 is 29.5 Å². The molecule has 15 heteroatoms. The molecule has 1 fully saturated rings. The summed E-state index contributed by atoms with van der Waals surface area (Å²) in [6, 6.07) is -4.10. The second-order valence-corrected chi connectivity index (χ2v) is 9.81. The van der Waals surface area contributed by atoms with E-state index in [1.54, 1.807) is 0 Å². The van der Waals surface area contributed by atoms with Gasteiger partial charge in [-0.1, -0.05) is 13.8 Å². The number of nitrogens with zero attached hydrogens (tertiary/aromatic N) is 2. The molecule has 1 aliphatic rings. The first-order valence-corrected chi connectivity index (χ1v) is 12.9. The van der Waals surface area contributed by atoms with Crippen molar-refractivity contribution in [1.29, 1.82) is 0 Å². The summed E-state index contributed by atoms with van der Waals surface area (Å²) in [5, 5.41) is 20.0. The van der Waals surface area contributed by atoms with Crippen LogP contribution in [0.25, 0.3) is 0 Å². The fraction of sp³-hybridized carbons (Fsp3) is 0.667. The second-order valence-electron chi connectivity index (χ2n) is 9.81. The average molecular weight is 553 g/mol. The first-order chi connectivity index (χ1) is 18.6. The first-order valence-electron chi connectivity index (χ1n) is 12.9. The number of hydrogen-bond acceptors (Lipinski definition) is 9. The third kappa shape index (κ3) is 9.92. The van der Waals surface area contributed by atoms with Crippen LogP contribution in [0.4, 0.5) is 0 Å². The van der Waals surface area contributed by atoms with Gasteiger partial charge in [-0.25, -0.2) is 10.9 Å². The Bertz CT molecular complexity index is 972. The average Bonchev–Trinajstić information content (AvgIpc) is 3.58. The number of amides is 5. The maximum Gasteiger partial charge on any atom is 0.245 e. The molecular weight excluding hydrogens is 512 g/mol. The van der Waals surface area contributed by atoms with E-state index in [2.05, 4.69) is 36.1 Å². The van der Waals surface area contributed by atoms with Crippen molar-refractivity contribution in [3.8, 4) is 0 Å². The molecule has 0 aromatic carbocycles. The number of H-pyrrole nitrogens is 1. The van der Waals surface area contributed by atoms with E-state index in [4.69, 9.17) is 5.90 Å². The highest BCUT2D eigenvalue weighted by Gasteiger charge is 2.36. The quantitative estimate of drug-likeness (QED) is 0.0898. The van der Waals surface area contributed by atoms with Crippen LogP contribution in [0.3, 0.4) is 0 Å². The molecule has 4 atom stereocenters. The monoisotopic (exact) mass is 552 g/mol. The molecule has 8 N–H and O–H groups in total. The molecule has 15 nitrogen and oxygen atoms in total. The number of aromatic nitrogens is 2. The van der Waals surface area contributed by atoms with Gasteiger partial charge in [0.2, 0.25) is 29.5 Å². The van der Waals surface area contributed by atoms with Crippen LogP contribution in [0.1, 0.15) is 45.7 Å². The molecule has 2 heterocycles. The lowest BCUT2D eigenvalue weighted by molar-refractivity contribution is -0.138. The van der Waals surface area contributed by atoms with Gasteiger partial charge in [-0.3, -0.25) is 24.0 Å². The number of carbonyl (C=O) groups excluding carboxylic acids is 5. The number of rotatable bonds is 15. The normalized spacial score (nSPS) is 17.3. The number of likely N-dealkylation sites (tertiary alicyclic amines) is 1. The van der Waals surface area contributed by atoms with Gasteiger partial charge in [0.1, 0.15) is 24.2 Å². The molecule has 0 unspecified atom stereocenters. The number of nitrogens with two attached hydrogens (primary N) is 1.